The quantitative estimate of drug-likeness (QED) is 0.282. The highest BCUT2D eigenvalue weighted by atomic mass is 35.5. The van der Waals surface area contributed by atoms with E-state index in [9.17, 15) is 4.79 Å². The predicted molar refractivity (Wildman–Crippen MR) is 122 cm³/mol. The van der Waals surface area contributed by atoms with Gasteiger partial charge in [0.15, 0.2) is 0 Å². The van der Waals surface area contributed by atoms with Gasteiger partial charge in [0.2, 0.25) is 0 Å². The number of benzene rings is 2. The zero-order valence-electron chi connectivity index (χ0n) is 17.4. The van der Waals surface area contributed by atoms with Crippen LogP contribution < -0.4 is 5.32 Å². The number of halogens is 1. The molecule has 1 aliphatic heterocycles. The fourth-order valence-electron chi connectivity index (χ4n) is 4.41. The predicted octanol–water partition coefficient (Wildman–Crippen LogP) is 3.74. The van der Waals surface area contributed by atoms with Gasteiger partial charge in [-0.05, 0) is 50.1 Å². The molecule has 1 amide bonds. The third-order valence-electron chi connectivity index (χ3n) is 5.94. The van der Waals surface area contributed by atoms with E-state index in [0.29, 0.717) is 17.1 Å². The van der Waals surface area contributed by atoms with Gasteiger partial charge in [-0.1, -0.05) is 28.4 Å². The number of rotatable bonds is 4. The fraction of sp³-hybridized carbons (Fsp3) is 0.217. The Morgan fingerprint density at radius 3 is 2.81 bits per heavy atom. The summed E-state index contributed by atoms with van der Waals surface area (Å²) in [6.45, 7) is 2.67. The highest BCUT2D eigenvalue weighted by molar-refractivity contribution is 6.34. The molecule has 3 heterocycles. The smallest absolute Gasteiger partial charge is 0.253 e. The van der Waals surface area contributed by atoms with Crippen LogP contribution >= 0.6 is 11.6 Å². The van der Waals surface area contributed by atoms with Crippen LogP contribution in [0.5, 0.6) is 0 Å². The minimum absolute atomic E-state index is 0.0422. The molecular weight excluding hydrogens is 428 g/mol. The lowest BCUT2D eigenvalue weighted by atomic mass is 10.0. The molecule has 0 bridgehead atoms. The highest BCUT2D eigenvalue weighted by Crippen LogP contribution is 2.31. The number of fused-ring (bicyclic) bond motifs is 3. The van der Waals surface area contributed by atoms with Crippen molar-refractivity contribution in [3.05, 3.63) is 76.5 Å². The molecule has 0 saturated heterocycles. The van der Waals surface area contributed by atoms with E-state index in [-0.39, 0.29) is 11.9 Å². The van der Waals surface area contributed by atoms with Gasteiger partial charge in [-0.25, -0.2) is 0 Å². The van der Waals surface area contributed by atoms with Gasteiger partial charge < -0.3 is 15.1 Å². The van der Waals surface area contributed by atoms with Gasteiger partial charge in [0.05, 0.1) is 16.8 Å². The molecule has 4 aromatic rings. The zero-order chi connectivity index (χ0) is 22.2. The van der Waals surface area contributed by atoms with Crippen molar-refractivity contribution < 1.29 is 10.0 Å². The summed E-state index contributed by atoms with van der Waals surface area (Å²) >= 11 is 6.41. The van der Waals surface area contributed by atoms with Gasteiger partial charge in [-0.3, -0.25) is 9.36 Å². The molecule has 2 aromatic carbocycles. The fourth-order valence-corrected chi connectivity index (χ4v) is 4.67. The third kappa shape index (κ3) is 3.52. The van der Waals surface area contributed by atoms with Crippen LogP contribution in [0.4, 0.5) is 0 Å². The maximum Gasteiger partial charge on any atom is 0.253 e. The standard InChI is InChI=1S/C23H21ClN6O2/c1-14-2-6-21-18(8-14)19(10-27-32)22-7-3-15(11-30(21)22)28-23(31)17-5-4-16(9-20(17)24)29-12-25-26-13-29/h2,4-6,8-10,12-13,15,32H,3,7,11H2,1H3,(H,28,31)/b27-10+. The van der Waals surface area contributed by atoms with Gasteiger partial charge in [0.25, 0.3) is 5.91 Å². The number of aryl methyl sites for hydroxylation is 1. The molecule has 1 aliphatic rings. The van der Waals surface area contributed by atoms with Crippen LogP contribution in [-0.4, -0.2) is 42.7 Å². The second-order valence-corrected chi connectivity index (χ2v) is 8.39. The Morgan fingerprint density at radius 2 is 2.06 bits per heavy atom. The molecule has 2 N–H and O–H groups in total. The van der Waals surface area contributed by atoms with Crippen molar-refractivity contribution in [1.82, 2.24) is 24.6 Å². The molecule has 0 fully saturated rings. The van der Waals surface area contributed by atoms with Crippen LogP contribution in [0.3, 0.4) is 0 Å². The zero-order valence-corrected chi connectivity index (χ0v) is 18.1. The number of carbonyl (C=O) groups is 1. The molecule has 0 aliphatic carbocycles. The third-order valence-corrected chi connectivity index (χ3v) is 6.25. The van der Waals surface area contributed by atoms with Gasteiger partial charge in [0, 0.05) is 40.4 Å². The van der Waals surface area contributed by atoms with E-state index < -0.39 is 0 Å². The molecule has 5 rings (SSSR count). The van der Waals surface area contributed by atoms with Crippen molar-refractivity contribution in [2.24, 2.45) is 5.16 Å². The van der Waals surface area contributed by atoms with Gasteiger partial charge in [-0.2, -0.15) is 0 Å². The lowest BCUT2D eigenvalue weighted by molar-refractivity contribution is 0.0928. The Kier molecular flexibility index (Phi) is 5.14. The molecule has 1 unspecified atom stereocenters. The number of nitrogens with one attached hydrogen (secondary N) is 1. The van der Waals surface area contributed by atoms with Crippen LogP contribution in [0, 0.1) is 6.92 Å². The molecule has 0 spiro atoms. The maximum absolute atomic E-state index is 13.0. The molecule has 2 aromatic heterocycles. The Labute approximate surface area is 189 Å². The minimum atomic E-state index is -0.205. The monoisotopic (exact) mass is 448 g/mol. The first-order chi connectivity index (χ1) is 15.5. The van der Waals surface area contributed by atoms with E-state index in [0.717, 1.165) is 46.3 Å². The van der Waals surface area contributed by atoms with E-state index in [4.69, 9.17) is 16.8 Å². The van der Waals surface area contributed by atoms with Crippen molar-refractivity contribution in [3.63, 3.8) is 0 Å². The number of amides is 1. The van der Waals surface area contributed by atoms with Crippen molar-refractivity contribution in [3.8, 4) is 5.69 Å². The second kappa shape index (κ2) is 8.12. The van der Waals surface area contributed by atoms with Crippen molar-refractivity contribution in [2.45, 2.75) is 32.4 Å². The lowest BCUT2D eigenvalue weighted by Crippen LogP contribution is -2.41. The number of aromatic nitrogens is 4. The summed E-state index contributed by atoms with van der Waals surface area (Å²) in [5.74, 6) is -0.205. The number of hydrogen-bond acceptors (Lipinski definition) is 5. The number of oxime groups is 1. The van der Waals surface area contributed by atoms with Crippen LogP contribution in [-0.2, 0) is 13.0 Å². The highest BCUT2D eigenvalue weighted by Gasteiger charge is 2.26. The average Bonchev–Trinajstić information content (AvgIpc) is 3.41. The van der Waals surface area contributed by atoms with Gasteiger partial charge in [0.1, 0.15) is 12.7 Å². The summed E-state index contributed by atoms with van der Waals surface area (Å²) in [6.07, 6.45) is 6.20. The molecule has 0 radical (unpaired) electrons. The molecule has 9 heteroatoms. The van der Waals surface area contributed by atoms with Crippen LogP contribution in [0.2, 0.25) is 5.02 Å². The van der Waals surface area contributed by atoms with E-state index in [1.165, 1.54) is 6.21 Å². The minimum Gasteiger partial charge on any atom is -0.411 e. The SMILES string of the molecule is Cc1ccc2c(c1)c(/C=N/O)c1n2CC(NC(=O)c2ccc(-n3cnnc3)cc2Cl)CC1. The van der Waals surface area contributed by atoms with Gasteiger partial charge >= 0.3 is 0 Å². The Morgan fingerprint density at radius 1 is 1.25 bits per heavy atom. The van der Waals surface area contributed by atoms with Crippen LogP contribution in [0.1, 0.15) is 33.6 Å². The summed E-state index contributed by atoms with van der Waals surface area (Å²) < 4.78 is 3.93. The topological polar surface area (TPSA) is 97.3 Å². The van der Waals surface area contributed by atoms with E-state index in [1.807, 2.05) is 13.0 Å². The first-order valence-corrected chi connectivity index (χ1v) is 10.7. The number of hydrogen-bond donors (Lipinski definition) is 2. The Hall–Kier alpha value is -3.65. The van der Waals surface area contributed by atoms with Crippen molar-refractivity contribution in [1.29, 1.82) is 0 Å². The average molecular weight is 449 g/mol. The summed E-state index contributed by atoms with van der Waals surface area (Å²) in [6, 6.07) is 11.4. The molecule has 162 valence electrons. The lowest BCUT2D eigenvalue weighted by Gasteiger charge is -2.27. The number of nitrogens with zero attached hydrogens (tertiary/aromatic N) is 5. The van der Waals surface area contributed by atoms with E-state index >= 15 is 0 Å². The number of carbonyl (C=O) groups excluding carboxylic acids is 1. The molecule has 0 saturated carbocycles. The molecule has 1 atom stereocenters. The summed E-state index contributed by atoms with van der Waals surface area (Å²) in [4.78, 5) is 13.0. The first-order valence-electron chi connectivity index (χ1n) is 10.3. The first kappa shape index (κ1) is 20.3. The summed E-state index contributed by atoms with van der Waals surface area (Å²) in [7, 11) is 0. The van der Waals surface area contributed by atoms with Gasteiger partial charge in [-0.15, -0.1) is 10.2 Å². The van der Waals surface area contributed by atoms with E-state index in [2.05, 4.69) is 43.4 Å². The van der Waals surface area contributed by atoms with Crippen LogP contribution in [0.25, 0.3) is 16.6 Å². The molecular formula is C23H21ClN6O2. The molecule has 32 heavy (non-hydrogen) atoms. The normalized spacial score (nSPS) is 15.9. The summed E-state index contributed by atoms with van der Waals surface area (Å²) in [5.41, 5.74) is 5.47. The summed E-state index contributed by atoms with van der Waals surface area (Å²) in [5, 5.41) is 24.6. The van der Waals surface area contributed by atoms with Crippen LogP contribution in [0.15, 0.2) is 54.2 Å². The maximum atomic E-state index is 13.0. The molecule has 8 nitrogen and oxygen atoms in total. The Balaban J connectivity index is 1.39. The van der Waals surface area contributed by atoms with Crippen molar-refractivity contribution >= 4 is 34.6 Å². The second-order valence-electron chi connectivity index (χ2n) is 7.98. The largest absolute Gasteiger partial charge is 0.411 e. The van der Waals surface area contributed by atoms with E-state index in [1.54, 1.807) is 29.4 Å². The van der Waals surface area contributed by atoms with Crippen molar-refractivity contribution in [2.75, 3.05) is 0 Å². The Bertz CT molecular complexity index is 1340.